The number of aliphatic hydroxyl groups excluding tert-OH is 1. The van der Waals surface area contributed by atoms with E-state index in [0.717, 1.165) is 0 Å². The Bertz CT molecular complexity index is 87.5. The lowest BCUT2D eigenvalue weighted by Crippen LogP contribution is -2.08. The van der Waals surface area contributed by atoms with Crippen LogP contribution in [0.25, 0.3) is 0 Å². The highest BCUT2D eigenvalue weighted by Crippen LogP contribution is 2.22. The second kappa shape index (κ2) is 3.81. The van der Waals surface area contributed by atoms with Gasteiger partial charge in [-0.3, -0.25) is 0 Å². The average Bonchev–Trinajstić information content (AvgIpc) is 1.59. The molecule has 1 unspecified atom stereocenters. The molecule has 62 valence electrons. The molecule has 0 amide bonds. The lowest BCUT2D eigenvalue weighted by Gasteiger charge is -2.06. The van der Waals surface area contributed by atoms with Crippen LogP contribution in [-0.2, 0) is 0 Å². The summed E-state index contributed by atoms with van der Waals surface area (Å²) in [5.41, 5.74) is 0. The average molecular weight is 156 g/mol. The highest BCUT2D eigenvalue weighted by Gasteiger charge is 2.25. The van der Waals surface area contributed by atoms with Gasteiger partial charge in [-0.05, 0) is 19.8 Å². The Morgan fingerprint density at radius 2 is 1.90 bits per heavy atom. The second-order valence-electron chi connectivity index (χ2n) is 2.36. The lowest BCUT2D eigenvalue weighted by molar-refractivity contribution is -0.136. The van der Waals surface area contributed by atoms with Gasteiger partial charge in [-0.25, -0.2) is 0 Å². The molecular formula is C6H11F3O. The van der Waals surface area contributed by atoms with E-state index in [4.69, 9.17) is 5.11 Å². The minimum atomic E-state index is -4.07. The summed E-state index contributed by atoms with van der Waals surface area (Å²) in [7, 11) is 0. The molecule has 1 N–H and O–H groups in total. The molecule has 0 bridgehead atoms. The van der Waals surface area contributed by atoms with Gasteiger partial charge in [0.2, 0.25) is 0 Å². The number of rotatable bonds is 3. The minimum absolute atomic E-state index is 0.0150. The van der Waals surface area contributed by atoms with E-state index in [2.05, 4.69) is 0 Å². The summed E-state index contributed by atoms with van der Waals surface area (Å²) in [5, 5.41) is 8.58. The molecule has 0 heterocycles. The van der Waals surface area contributed by atoms with Crippen molar-refractivity contribution in [1.29, 1.82) is 0 Å². The third-order valence-electron chi connectivity index (χ3n) is 1.08. The van der Waals surface area contributed by atoms with E-state index in [1.165, 1.54) is 6.92 Å². The number of hydrogen-bond donors (Lipinski definition) is 1. The van der Waals surface area contributed by atoms with Gasteiger partial charge in [0.25, 0.3) is 0 Å². The Kier molecular flexibility index (Phi) is 3.71. The zero-order valence-corrected chi connectivity index (χ0v) is 5.78. The predicted molar refractivity (Wildman–Crippen MR) is 31.6 cm³/mol. The molecule has 4 heteroatoms. The molecule has 0 saturated heterocycles. The van der Waals surface area contributed by atoms with Gasteiger partial charge >= 0.3 is 6.18 Å². The van der Waals surface area contributed by atoms with Crippen molar-refractivity contribution in [1.82, 2.24) is 0 Å². The maximum atomic E-state index is 11.4. The van der Waals surface area contributed by atoms with Crippen LogP contribution in [0.15, 0.2) is 0 Å². The van der Waals surface area contributed by atoms with Crippen molar-refractivity contribution >= 4 is 0 Å². The van der Waals surface area contributed by atoms with Gasteiger partial charge in [-0.1, -0.05) is 0 Å². The van der Waals surface area contributed by atoms with Crippen LogP contribution >= 0.6 is 0 Å². The number of alkyl halides is 3. The number of aliphatic hydroxyl groups is 1. The fraction of sp³-hybridized carbons (Fsp3) is 1.00. The van der Waals surface area contributed by atoms with E-state index in [1.54, 1.807) is 0 Å². The maximum Gasteiger partial charge on any atom is 0.389 e. The molecule has 0 radical (unpaired) electrons. The number of hydrogen-bond acceptors (Lipinski definition) is 1. The predicted octanol–water partition coefficient (Wildman–Crippen LogP) is 2.10. The molecule has 10 heavy (non-hydrogen) atoms. The molecule has 0 aliphatic carbocycles. The van der Waals surface area contributed by atoms with Crippen LogP contribution < -0.4 is 0 Å². The molecule has 0 aromatic heterocycles. The van der Waals surface area contributed by atoms with Crippen molar-refractivity contribution in [3.05, 3.63) is 0 Å². The Balaban J connectivity index is 3.21. The van der Waals surface area contributed by atoms with E-state index in [9.17, 15) is 13.2 Å². The Hall–Kier alpha value is -0.250. The molecule has 1 nitrogen and oxygen atoms in total. The van der Waals surface area contributed by atoms with Gasteiger partial charge in [0.05, 0.1) is 6.10 Å². The summed E-state index contributed by atoms with van der Waals surface area (Å²) in [6.45, 7) is 1.48. The van der Waals surface area contributed by atoms with Gasteiger partial charge in [0.1, 0.15) is 0 Å². The first kappa shape index (κ1) is 9.75. The van der Waals surface area contributed by atoms with E-state index in [-0.39, 0.29) is 12.8 Å². The van der Waals surface area contributed by atoms with Crippen molar-refractivity contribution in [2.24, 2.45) is 0 Å². The summed E-state index contributed by atoms with van der Waals surface area (Å²) in [5.74, 6) is 0. The Morgan fingerprint density at radius 1 is 1.40 bits per heavy atom. The first-order valence-electron chi connectivity index (χ1n) is 3.16. The fourth-order valence-corrected chi connectivity index (χ4v) is 0.598. The summed E-state index contributed by atoms with van der Waals surface area (Å²) in [6, 6.07) is 0. The molecule has 0 aromatic carbocycles. The van der Waals surface area contributed by atoms with E-state index in [0.29, 0.717) is 0 Å². The smallest absolute Gasteiger partial charge is 0.389 e. The quantitative estimate of drug-likeness (QED) is 0.663. The molecular weight excluding hydrogens is 145 g/mol. The van der Waals surface area contributed by atoms with Crippen molar-refractivity contribution in [2.75, 3.05) is 0 Å². The first-order chi connectivity index (χ1) is 4.42. The third-order valence-corrected chi connectivity index (χ3v) is 1.08. The van der Waals surface area contributed by atoms with Gasteiger partial charge in [-0.15, -0.1) is 0 Å². The fourth-order valence-electron chi connectivity index (χ4n) is 0.598. The zero-order valence-electron chi connectivity index (χ0n) is 5.78. The first-order valence-corrected chi connectivity index (χ1v) is 3.16. The zero-order chi connectivity index (χ0) is 8.20. The van der Waals surface area contributed by atoms with Crippen LogP contribution in [0.1, 0.15) is 26.2 Å². The summed E-state index contributed by atoms with van der Waals surface area (Å²) in [4.78, 5) is 0. The molecule has 0 aliphatic heterocycles. The Morgan fingerprint density at radius 3 is 2.20 bits per heavy atom. The van der Waals surface area contributed by atoms with E-state index in [1.807, 2.05) is 0 Å². The highest BCUT2D eigenvalue weighted by molar-refractivity contribution is 4.53. The van der Waals surface area contributed by atoms with Crippen molar-refractivity contribution in [3.63, 3.8) is 0 Å². The molecule has 0 saturated carbocycles. The van der Waals surface area contributed by atoms with Crippen LogP contribution in [0.5, 0.6) is 0 Å². The summed E-state index contributed by atoms with van der Waals surface area (Å²) < 4.78 is 34.3. The van der Waals surface area contributed by atoms with Gasteiger partial charge in [0.15, 0.2) is 0 Å². The van der Waals surface area contributed by atoms with Crippen molar-refractivity contribution in [2.45, 2.75) is 38.5 Å². The second-order valence-corrected chi connectivity index (χ2v) is 2.36. The summed E-state index contributed by atoms with van der Waals surface area (Å²) >= 11 is 0. The highest BCUT2D eigenvalue weighted by atomic mass is 19.4. The van der Waals surface area contributed by atoms with Crippen LogP contribution in [0, 0.1) is 0 Å². The van der Waals surface area contributed by atoms with E-state index >= 15 is 0 Å². The van der Waals surface area contributed by atoms with Crippen molar-refractivity contribution < 1.29 is 18.3 Å². The van der Waals surface area contributed by atoms with Crippen LogP contribution in [0.3, 0.4) is 0 Å². The van der Waals surface area contributed by atoms with Gasteiger partial charge < -0.3 is 5.11 Å². The minimum Gasteiger partial charge on any atom is -0.393 e. The van der Waals surface area contributed by atoms with Gasteiger partial charge in [0, 0.05) is 6.42 Å². The molecule has 0 spiro atoms. The number of halogens is 3. The van der Waals surface area contributed by atoms with E-state index < -0.39 is 18.7 Å². The van der Waals surface area contributed by atoms with Crippen LogP contribution in [0.2, 0.25) is 0 Å². The monoisotopic (exact) mass is 156 g/mol. The Labute approximate surface area is 57.9 Å². The van der Waals surface area contributed by atoms with Crippen LogP contribution in [-0.4, -0.2) is 17.4 Å². The molecule has 0 aromatic rings. The van der Waals surface area contributed by atoms with Crippen LogP contribution in [0.4, 0.5) is 13.2 Å². The topological polar surface area (TPSA) is 20.2 Å². The molecule has 0 aliphatic rings. The van der Waals surface area contributed by atoms with Gasteiger partial charge in [-0.2, -0.15) is 13.2 Å². The van der Waals surface area contributed by atoms with Crippen molar-refractivity contribution in [3.8, 4) is 0 Å². The SMILES string of the molecule is CC(O)CCCC(F)(F)F. The standard InChI is InChI=1S/C6H11F3O/c1-5(10)3-2-4-6(7,8)9/h5,10H,2-4H2,1H3. The molecule has 1 atom stereocenters. The lowest BCUT2D eigenvalue weighted by atomic mass is 10.2. The molecule has 0 rings (SSSR count). The third kappa shape index (κ3) is 7.75. The normalized spacial score (nSPS) is 15.3. The summed E-state index contributed by atoms with van der Waals surface area (Å²) in [6.07, 6.45) is -5.25. The molecule has 0 fully saturated rings. The maximum absolute atomic E-state index is 11.4. The largest absolute Gasteiger partial charge is 0.393 e.